The Kier molecular flexibility index (Phi) is 4.96. The van der Waals surface area contributed by atoms with E-state index in [-0.39, 0.29) is 17.9 Å². The van der Waals surface area contributed by atoms with Crippen LogP contribution in [0.4, 0.5) is 0 Å². The minimum Gasteiger partial charge on any atom is -0.391 e. The number of carbonyl (C=O) groups is 1. The van der Waals surface area contributed by atoms with Gasteiger partial charge in [0.05, 0.1) is 35.2 Å². The normalized spacial score (nSPS) is 22.1. The minimum absolute atomic E-state index is 0.223. The van der Waals surface area contributed by atoms with Crippen LogP contribution in [0.15, 0.2) is 55.0 Å². The predicted molar refractivity (Wildman–Crippen MR) is 101 cm³/mol. The fraction of sp³-hybridized carbons (Fsp3) is 0.316. The molecule has 4 rings (SSSR count). The molecule has 27 heavy (non-hydrogen) atoms. The van der Waals surface area contributed by atoms with E-state index in [1.54, 1.807) is 34.0 Å². The van der Waals surface area contributed by atoms with Gasteiger partial charge >= 0.3 is 0 Å². The standard InChI is InChI=1S/C19H20ClN5O2/c20-14-10-22-24(12-14)11-13-8-16(18(26)9-13)23-19(27)17-6-7-21-25(17)15-4-2-1-3-5-15/h1-7,10,12-13,16,18,26H,8-9,11H2,(H,23,27)/t13?,16-,18-/m1/s1. The second-order valence-corrected chi connectivity index (χ2v) is 7.27. The van der Waals surface area contributed by atoms with E-state index in [4.69, 9.17) is 11.6 Å². The second kappa shape index (κ2) is 7.54. The zero-order valence-corrected chi connectivity index (χ0v) is 15.3. The average molecular weight is 386 g/mol. The Labute approximate surface area is 161 Å². The van der Waals surface area contributed by atoms with Crippen LogP contribution in [-0.4, -0.2) is 42.7 Å². The highest BCUT2D eigenvalue weighted by atomic mass is 35.5. The fourth-order valence-electron chi connectivity index (χ4n) is 3.62. The van der Waals surface area contributed by atoms with Crippen molar-refractivity contribution >= 4 is 17.5 Å². The van der Waals surface area contributed by atoms with E-state index in [0.29, 0.717) is 30.1 Å². The van der Waals surface area contributed by atoms with Gasteiger partial charge in [-0.15, -0.1) is 0 Å². The highest BCUT2D eigenvalue weighted by Crippen LogP contribution is 2.28. The highest BCUT2D eigenvalue weighted by Gasteiger charge is 2.34. The van der Waals surface area contributed by atoms with Crippen molar-refractivity contribution in [1.82, 2.24) is 24.9 Å². The number of carbonyl (C=O) groups excluding carboxylic acids is 1. The number of hydrogen-bond acceptors (Lipinski definition) is 4. The fourth-order valence-corrected chi connectivity index (χ4v) is 3.77. The van der Waals surface area contributed by atoms with Crippen LogP contribution < -0.4 is 5.32 Å². The number of nitrogens with zero attached hydrogens (tertiary/aromatic N) is 4. The van der Waals surface area contributed by atoms with Crippen molar-refractivity contribution in [2.24, 2.45) is 5.92 Å². The van der Waals surface area contributed by atoms with Gasteiger partial charge in [-0.05, 0) is 37.0 Å². The largest absolute Gasteiger partial charge is 0.391 e. The van der Waals surface area contributed by atoms with E-state index < -0.39 is 6.10 Å². The molecule has 1 fully saturated rings. The van der Waals surface area contributed by atoms with Gasteiger partial charge in [0.2, 0.25) is 0 Å². The summed E-state index contributed by atoms with van der Waals surface area (Å²) >= 11 is 5.90. The molecule has 3 aromatic rings. The molecule has 0 saturated heterocycles. The third-order valence-corrected chi connectivity index (χ3v) is 5.06. The summed E-state index contributed by atoms with van der Waals surface area (Å²) in [5.74, 6) is -0.0245. The quantitative estimate of drug-likeness (QED) is 0.705. The first kappa shape index (κ1) is 17.8. The maximum atomic E-state index is 12.8. The third kappa shape index (κ3) is 3.89. The summed E-state index contributed by atoms with van der Waals surface area (Å²) in [5.41, 5.74) is 1.25. The number of amides is 1. The molecule has 0 bridgehead atoms. The van der Waals surface area contributed by atoms with Crippen LogP contribution in [0, 0.1) is 5.92 Å². The van der Waals surface area contributed by atoms with E-state index in [2.05, 4.69) is 15.5 Å². The zero-order valence-electron chi connectivity index (χ0n) is 14.6. The van der Waals surface area contributed by atoms with Crippen LogP contribution in [0.25, 0.3) is 5.69 Å². The molecule has 7 nitrogen and oxygen atoms in total. The average Bonchev–Trinajstić information content (AvgIpc) is 3.37. The molecule has 0 spiro atoms. The SMILES string of the molecule is O=C(N[C@@H]1CC(Cn2cc(Cl)cn2)C[C@H]1O)c1ccnn1-c1ccccc1. The van der Waals surface area contributed by atoms with Crippen molar-refractivity contribution in [3.05, 3.63) is 65.7 Å². The zero-order chi connectivity index (χ0) is 18.8. The van der Waals surface area contributed by atoms with Gasteiger partial charge in [0, 0.05) is 12.7 Å². The Morgan fingerprint density at radius 2 is 2.04 bits per heavy atom. The molecule has 140 valence electrons. The minimum atomic E-state index is -0.585. The molecule has 1 unspecified atom stereocenters. The Morgan fingerprint density at radius 1 is 1.22 bits per heavy atom. The first-order chi connectivity index (χ1) is 13.1. The van der Waals surface area contributed by atoms with Crippen molar-refractivity contribution in [2.45, 2.75) is 31.5 Å². The number of aliphatic hydroxyl groups excluding tert-OH is 1. The van der Waals surface area contributed by atoms with Crippen LogP contribution in [-0.2, 0) is 6.54 Å². The monoisotopic (exact) mass is 385 g/mol. The number of para-hydroxylation sites is 1. The summed E-state index contributed by atoms with van der Waals surface area (Å²) in [7, 11) is 0. The van der Waals surface area contributed by atoms with Crippen LogP contribution in [0.5, 0.6) is 0 Å². The van der Waals surface area contributed by atoms with Gasteiger partial charge in [0.1, 0.15) is 5.69 Å². The number of halogens is 1. The molecule has 2 aromatic heterocycles. The number of aromatic nitrogens is 4. The van der Waals surface area contributed by atoms with Gasteiger partial charge < -0.3 is 10.4 Å². The highest BCUT2D eigenvalue weighted by molar-refractivity contribution is 6.30. The Balaban J connectivity index is 1.42. The molecule has 1 amide bonds. The van der Waals surface area contributed by atoms with Gasteiger partial charge in [-0.1, -0.05) is 29.8 Å². The van der Waals surface area contributed by atoms with Gasteiger partial charge in [-0.25, -0.2) is 4.68 Å². The lowest BCUT2D eigenvalue weighted by atomic mass is 10.1. The molecule has 0 aliphatic heterocycles. The van der Waals surface area contributed by atoms with E-state index >= 15 is 0 Å². The van der Waals surface area contributed by atoms with Gasteiger partial charge in [0.15, 0.2) is 0 Å². The van der Waals surface area contributed by atoms with E-state index in [0.717, 1.165) is 5.69 Å². The lowest BCUT2D eigenvalue weighted by molar-refractivity contribution is 0.0865. The second-order valence-electron chi connectivity index (χ2n) is 6.83. The van der Waals surface area contributed by atoms with Gasteiger partial charge in [0.25, 0.3) is 5.91 Å². The van der Waals surface area contributed by atoms with Crippen LogP contribution in [0.3, 0.4) is 0 Å². The van der Waals surface area contributed by atoms with Crippen LogP contribution in [0.2, 0.25) is 5.02 Å². The van der Waals surface area contributed by atoms with Crippen molar-refractivity contribution in [2.75, 3.05) is 0 Å². The maximum absolute atomic E-state index is 12.8. The summed E-state index contributed by atoms with van der Waals surface area (Å²) in [4.78, 5) is 12.8. The summed E-state index contributed by atoms with van der Waals surface area (Å²) in [6.07, 6.45) is 5.66. The summed E-state index contributed by atoms with van der Waals surface area (Å²) < 4.78 is 3.37. The molecule has 2 heterocycles. The molecule has 1 saturated carbocycles. The van der Waals surface area contributed by atoms with Gasteiger partial charge in [-0.2, -0.15) is 10.2 Å². The summed E-state index contributed by atoms with van der Waals surface area (Å²) in [5, 5.41) is 22.4. The van der Waals surface area contributed by atoms with Crippen molar-refractivity contribution in [3.63, 3.8) is 0 Å². The molecule has 2 N–H and O–H groups in total. The Hall–Kier alpha value is -2.64. The van der Waals surface area contributed by atoms with Crippen molar-refractivity contribution in [1.29, 1.82) is 0 Å². The third-order valence-electron chi connectivity index (χ3n) is 4.87. The molecular weight excluding hydrogens is 366 g/mol. The lowest BCUT2D eigenvalue weighted by Crippen LogP contribution is -2.40. The Bertz CT molecular complexity index is 923. The molecule has 1 aliphatic carbocycles. The first-order valence-corrected chi connectivity index (χ1v) is 9.24. The number of aliphatic hydroxyl groups is 1. The van der Waals surface area contributed by atoms with E-state index in [1.807, 2.05) is 30.3 Å². The lowest BCUT2D eigenvalue weighted by Gasteiger charge is -2.17. The molecule has 8 heteroatoms. The molecule has 1 aromatic carbocycles. The number of hydrogen-bond donors (Lipinski definition) is 2. The summed E-state index contributed by atoms with van der Waals surface area (Å²) in [6, 6.07) is 10.9. The first-order valence-electron chi connectivity index (χ1n) is 8.86. The Morgan fingerprint density at radius 3 is 2.78 bits per heavy atom. The van der Waals surface area contributed by atoms with Crippen LogP contribution >= 0.6 is 11.6 Å². The smallest absolute Gasteiger partial charge is 0.270 e. The van der Waals surface area contributed by atoms with Crippen LogP contribution in [0.1, 0.15) is 23.3 Å². The number of benzene rings is 1. The summed E-state index contributed by atoms with van der Waals surface area (Å²) in [6.45, 7) is 0.665. The predicted octanol–water partition coefficient (Wildman–Crippen LogP) is 2.29. The van der Waals surface area contributed by atoms with Gasteiger partial charge in [-0.3, -0.25) is 9.48 Å². The molecule has 1 aliphatic rings. The molecular formula is C19H20ClN5O2. The van der Waals surface area contributed by atoms with Crippen molar-refractivity contribution in [3.8, 4) is 5.69 Å². The maximum Gasteiger partial charge on any atom is 0.270 e. The van der Waals surface area contributed by atoms with E-state index in [1.165, 1.54) is 0 Å². The molecule has 0 radical (unpaired) electrons. The van der Waals surface area contributed by atoms with E-state index in [9.17, 15) is 9.90 Å². The number of nitrogens with one attached hydrogen (secondary N) is 1. The molecule has 3 atom stereocenters. The van der Waals surface area contributed by atoms with Crippen molar-refractivity contribution < 1.29 is 9.90 Å². The number of rotatable bonds is 5. The topological polar surface area (TPSA) is 85.0 Å².